The zero-order valence-corrected chi connectivity index (χ0v) is 7.46. The van der Waals surface area contributed by atoms with E-state index in [0.29, 0.717) is 11.6 Å². The first-order valence-electron chi connectivity index (χ1n) is 3.84. The van der Waals surface area contributed by atoms with Crippen LogP contribution in [-0.4, -0.2) is 17.2 Å². The van der Waals surface area contributed by atoms with Crippen LogP contribution in [0.25, 0.3) is 0 Å². The molecule has 1 rings (SSSR count). The minimum absolute atomic E-state index is 0.00407. The molecule has 0 saturated carbocycles. The van der Waals surface area contributed by atoms with E-state index >= 15 is 0 Å². The molecule has 0 unspecified atom stereocenters. The van der Waals surface area contributed by atoms with Gasteiger partial charge in [0.25, 0.3) is 6.02 Å². The third-order valence-electron chi connectivity index (χ3n) is 1.32. The normalized spacial score (nSPS) is 17.5. The summed E-state index contributed by atoms with van der Waals surface area (Å²) in [5, 5.41) is 12.0. The molecule has 0 saturated heterocycles. The van der Waals surface area contributed by atoms with Crippen molar-refractivity contribution in [2.24, 2.45) is 4.99 Å². The van der Waals surface area contributed by atoms with E-state index in [-0.39, 0.29) is 12.0 Å². The van der Waals surface area contributed by atoms with E-state index in [0.717, 1.165) is 0 Å². The lowest BCUT2D eigenvalue weighted by molar-refractivity contribution is 0.215. The second-order valence-corrected chi connectivity index (χ2v) is 2.88. The molecule has 0 atom stereocenters. The molecule has 0 aromatic heterocycles. The number of nitrogens with one attached hydrogen (secondary N) is 1. The topological polar surface area (TPSA) is 53.9 Å². The highest BCUT2D eigenvalue weighted by molar-refractivity contribution is 5.77. The van der Waals surface area contributed by atoms with Crippen molar-refractivity contribution in [3.63, 3.8) is 0 Å². The predicted molar refractivity (Wildman–Crippen MR) is 46.4 cm³/mol. The average Bonchev–Trinajstić information content (AvgIpc) is 1.96. The van der Waals surface area contributed by atoms with E-state index in [1.807, 2.05) is 13.8 Å². The van der Waals surface area contributed by atoms with E-state index in [4.69, 9.17) is 4.74 Å². The second kappa shape index (κ2) is 3.47. The van der Waals surface area contributed by atoms with Gasteiger partial charge in [0, 0.05) is 5.57 Å². The first kappa shape index (κ1) is 8.90. The fraction of sp³-hybridized carbons (Fsp3) is 0.500. The summed E-state index contributed by atoms with van der Waals surface area (Å²) in [7, 11) is 0. The number of aliphatic hydroxyl groups is 1. The molecule has 12 heavy (non-hydrogen) atoms. The average molecular weight is 169 g/mol. The van der Waals surface area contributed by atoms with Crippen molar-refractivity contribution in [3.05, 3.63) is 18.0 Å². The number of nitrogens with zero attached hydrogens (tertiary/aromatic N) is 1. The number of amidine groups is 1. The molecule has 2 N–H and O–H groups in total. The zero-order chi connectivity index (χ0) is 9.14. The monoisotopic (exact) mass is 169 g/mol. The minimum atomic E-state index is 0.00407. The van der Waals surface area contributed by atoms with Gasteiger partial charge in [-0.25, -0.2) is 0 Å². The molecule has 0 amide bonds. The van der Waals surface area contributed by atoms with Crippen molar-refractivity contribution in [1.29, 1.82) is 0 Å². The Balaban J connectivity index is 2.63. The van der Waals surface area contributed by atoms with Crippen LogP contribution in [0, 0.1) is 6.54 Å². The number of aliphatic imine (C=N–C) groups is 1. The summed E-state index contributed by atoms with van der Waals surface area (Å²) in [6.45, 7) is 7.21. The molecular formula is C8H13N2O2. The van der Waals surface area contributed by atoms with Gasteiger partial charge in [0.2, 0.25) is 5.88 Å². The Morgan fingerprint density at radius 1 is 1.58 bits per heavy atom. The van der Waals surface area contributed by atoms with Crippen LogP contribution >= 0.6 is 0 Å². The Bertz CT molecular complexity index is 231. The van der Waals surface area contributed by atoms with Crippen LogP contribution in [0.1, 0.15) is 20.8 Å². The molecule has 4 heteroatoms. The summed E-state index contributed by atoms with van der Waals surface area (Å²) in [6.07, 6.45) is 0.0517. The van der Waals surface area contributed by atoms with Crippen LogP contribution in [0.5, 0.6) is 0 Å². The Morgan fingerprint density at radius 2 is 2.25 bits per heavy atom. The second-order valence-electron chi connectivity index (χ2n) is 2.88. The number of aliphatic hydroxyl groups excluding tert-OH is 1. The van der Waals surface area contributed by atoms with Crippen molar-refractivity contribution in [2.75, 3.05) is 0 Å². The van der Waals surface area contributed by atoms with Crippen molar-refractivity contribution < 1.29 is 9.84 Å². The standard InChI is InChI=1S/C8H13N2O2/c1-5(2)12-8-9-4-6(3)7(11)10-8/h4-5,11H,1-3H3,(H,9,10). The summed E-state index contributed by atoms with van der Waals surface area (Å²) in [4.78, 5) is 3.79. The van der Waals surface area contributed by atoms with E-state index < -0.39 is 0 Å². The van der Waals surface area contributed by atoms with Gasteiger partial charge in [0.05, 0.1) is 12.6 Å². The molecule has 67 valence electrons. The number of hydrogen-bond acceptors (Lipinski definition) is 4. The van der Waals surface area contributed by atoms with Gasteiger partial charge in [-0.15, -0.1) is 0 Å². The fourth-order valence-corrected chi connectivity index (χ4v) is 0.735. The lowest BCUT2D eigenvalue weighted by atomic mass is 10.3. The third kappa shape index (κ3) is 2.15. The Kier molecular flexibility index (Phi) is 2.58. The van der Waals surface area contributed by atoms with Gasteiger partial charge in [-0.2, -0.15) is 4.99 Å². The minimum Gasteiger partial charge on any atom is -0.493 e. The summed E-state index contributed by atoms with van der Waals surface area (Å²) >= 11 is 0. The van der Waals surface area contributed by atoms with Gasteiger partial charge in [0.1, 0.15) is 0 Å². The largest absolute Gasteiger partial charge is 0.493 e. The highest BCUT2D eigenvalue weighted by Crippen LogP contribution is 2.09. The van der Waals surface area contributed by atoms with Crippen LogP contribution in [0.3, 0.4) is 0 Å². The van der Waals surface area contributed by atoms with Crippen molar-refractivity contribution in [2.45, 2.75) is 26.9 Å². The lowest BCUT2D eigenvalue weighted by Crippen LogP contribution is -2.29. The maximum Gasteiger partial charge on any atom is 0.293 e. The fourth-order valence-electron chi connectivity index (χ4n) is 0.735. The van der Waals surface area contributed by atoms with E-state index in [1.165, 1.54) is 0 Å². The van der Waals surface area contributed by atoms with Gasteiger partial charge in [-0.1, -0.05) is 0 Å². The van der Waals surface area contributed by atoms with Crippen LogP contribution in [0.2, 0.25) is 0 Å². The van der Waals surface area contributed by atoms with Crippen LogP contribution < -0.4 is 5.32 Å². The summed E-state index contributed by atoms with van der Waals surface area (Å²) < 4.78 is 5.22. The molecule has 0 aromatic carbocycles. The highest BCUT2D eigenvalue weighted by atomic mass is 16.5. The number of ether oxygens (including phenoxy) is 1. The Morgan fingerprint density at radius 3 is 2.75 bits per heavy atom. The van der Waals surface area contributed by atoms with Gasteiger partial charge < -0.3 is 15.2 Å². The summed E-state index contributed by atoms with van der Waals surface area (Å²) in [5.41, 5.74) is 0.700. The molecule has 1 radical (unpaired) electrons. The molecule has 0 aromatic rings. The maximum absolute atomic E-state index is 9.20. The van der Waals surface area contributed by atoms with Gasteiger partial charge >= 0.3 is 0 Å². The number of rotatable bonds is 1. The molecule has 0 aliphatic carbocycles. The predicted octanol–water partition coefficient (Wildman–Crippen LogP) is 1.32. The number of hydrogen-bond donors (Lipinski definition) is 2. The highest BCUT2D eigenvalue weighted by Gasteiger charge is 2.12. The van der Waals surface area contributed by atoms with Crippen molar-refractivity contribution in [3.8, 4) is 0 Å². The molecular weight excluding hydrogens is 156 g/mol. The summed E-state index contributed by atoms with van der Waals surface area (Å²) in [5.74, 6) is 0.00407. The SMILES string of the molecule is CC1=C(O)N=C(OC(C)C)N[CH]1. The van der Waals surface area contributed by atoms with E-state index in [2.05, 4.69) is 10.3 Å². The molecule has 1 heterocycles. The van der Waals surface area contributed by atoms with Gasteiger partial charge in [-0.05, 0) is 20.8 Å². The van der Waals surface area contributed by atoms with Crippen molar-refractivity contribution >= 4 is 6.02 Å². The zero-order valence-electron chi connectivity index (χ0n) is 7.46. The van der Waals surface area contributed by atoms with Crippen LogP contribution in [0.15, 0.2) is 16.4 Å². The quantitative estimate of drug-likeness (QED) is 0.622. The first-order valence-corrected chi connectivity index (χ1v) is 3.84. The maximum atomic E-state index is 9.20. The van der Waals surface area contributed by atoms with Crippen LogP contribution in [0.4, 0.5) is 0 Å². The van der Waals surface area contributed by atoms with E-state index in [1.54, 1.807) is 13.5 Å². The Hall–Kier alpha value is -1.19. The lowest BCUT2D eigenvalue weighted by Gasteiger charge is -2.17. The van der Waals surface area contributed by atoms with Gasteiger partial charge in [0.15, 0.2) is 0 Å². The third-order valence-corrected chi connectivity index (χ3v) is 1.32. The molecule has 0 spiro atoms. The van der Waals surface area contributed by atoms with E-state index in [9.17, 15) is 5.11 Å². The Labute approximate surface area is 72.0 Å². The van der Waals surface area contributed by atoms with Crippen LogP contribution in [-0.2, 0) is 4.74 Å². The van der Waals surface area contributed by atoms with Gasteiger partial charge in [-0.3, -0.25) is 0 Å². The smallest absolute Gasteiger partial charge is 0.293 e. The summed E-state index contributed by atoms with van der Waals surface area (Å²) in [6, 6.07) is 0.341. The van der Waals surface area contributed by atoms with Crippen molar-refractivity contribution in [1.82, 2.24) is 5.32 Å². The molecule has 1 aliphatic heterocycles. The first-order chi connectivity index (χ1) is 5.59. The molecule has 0 fully saturated rings. The molecule has 4 nitrogen and oxygen atoms in total. The molecule has 0 bridgehead atoms. The molecule has 1 aliphatic rings.